The number of nitrogens with zero attached hydrogens (tertiary/aromatic N) is 3. The van der Waals surface area contributed by atoms with Gasteiger partial charge < -0.3 is 10.6 Å². The minimum atomic E-state index is -0.105. The molecule has 1 fully saturated rings. The monoisotopic (exact) mass is 473 g/mol. The fourth-order valence-corrected chi connectivity index (χ4v) is 4.72. The number of nitrogens with one attached hydrogen (secondary N) is 2. The molecule has 1 aliphatic rings. The van der Waals surface area contributed by atoms with Crippen molar-refractivity contribution in [3.63, 3.8) is 0 Å². The first-order chi connectivity index (χ1) is 15.1. The zero-order valence-corrected chi connectivity index (χ0v) is 20.4. The standard InChI is InChI=1S/C24H29Cl2N5O/c1-14(2)31-21-19(29-23(31)30-20-17(25)6-5-7-18(20)26)12-15(13-27-21)22(32)28-16-8-10-24(3,4)11-9-16/h5-7,12-14,16H,8-11H2,1-4H3,(H,28,32)(H,29,30). The summed E-state index contributed by atoms with van der Waals surface area (Å²) in [6.45, 7) is 8.67. The highest BCUT2D eigenvalue weighted by Crippen LogP contribution is 2.36. The maximum atomic E-state index is 12.9. The Morgan fingerprint density at radius 3 is 2.47 bits per heavy atom. The van der Waals surface area contributed by atoms with Gasteiger partial charge in [-0.05, 0) is 63.1 Å². The molecular formula is C24H29Cl2N5O. The summed E-state index contributed by atoms with van der Waals surface area (Å²) >= 11 is 12.7. The Balaban J connectivity index is 1.61. The van der Waals surface area contributed by atoms with E-state index in [4.69, 9.17) is 28.2 Å². The SMILES string of the molecule is CC(C)n1c(Nc2c(Cl)cccc2Cl)nc2cc(C(=O)NC3CCC(C)(C)CC3)cnc21. The number of hydrogen-bond acceptors (Lipinski definition) is 4. The van der Waals surface area contributed by atoms with Crippen molar-refractivity contribution in [1.82, 2.24) is 19.9 Å². The van der Waals surface area contributed by atoms with Crippen LogP contribution in [-0.2, 0) is 0 Å². The summed E-state index contributed by atoms with van der Waals surface area (Å²) in [5.74, 6) is 0.469. The third-order valence-corrected chi connectivity index (χ3v) is 6.81. The number of hydrogen-bond donors (Lipinski definition) is 2. The summed E-state index contributed by atoms with van der Waals surface area (Å²) in [5.41, 5.74) is 2.80. The molecule has 1 saturated carbocycles. The summed E-state index contributed by atoms with van der Waals surface area (Å²) in [7, 11) is 0. The Morgan fingerprint density at radius 1 is 1.19 bits per heavy atom. The summed E-state index contributed by atoms with van der Waals surface area (Å²) in [6.07, 6.45) is 5.87. The molecule has 1 amide bonds. The number of carbonyl (C=O) groups is 1. The van der Waals surface area contributed by atoms with Crippen molar-refractivity contribution in [2.24, 2.45) is 5.41 Å². The number of halogens is 2. The number of para-hydroxylation sites is 1. The van der Waals surface area contributed by atoms with Crippen LogP contribution in [0, 0.1) is 5.41 Å². The summed E-state index contributed by atoms with van der Waals surface area (Å²) in [5, 5.41) is 7.43. The molecule has 6 nitrogen and oxygen atoms in total. The molecule has 2 aromatic heterocycles. The van der Waals surface area contributed by atoms with Crippen LogP contribution in [0.15, 0.2) is 30.5 Å². The van der Waals surface area contributed by atoms with E-state index in [1.165, 1.54) is 0 Å². The highest BCUT2D eigenvalue weighted by atomic mass is 35.5. The molecule has 0 unspecified atom stereocenters. The quantitative estimate of drug-likeness (QED) is 0.429. The molecule has 2 N–H and O–H groups in total. The molecule has 0 atom stereocenters. The van der Waals surface area contributed by atoms with Crippen LogP contribution in [0.4, 0.5) is 11.6 Å². The van der Waals surface area contributed by atoms with Crippen molar-refractivity contribution in [3.8, 4) is 0 Å². The van der Waals surface area contributed by atoms with Crippen molar-refractivity contribution in [2.75, 3.05) is 5.32 Å². The van der Waals surface area contributed by atoms with Gasteiger partial charge in [0.05, 0.1) is 21.3 Å². The van der Waals surface area contributed by atoms with Gasteiger partial charge in [0.25, 0.3) is 5.91 Å². The van der Waals surface area contributed by atoms with Gasteiger partial charge in [-0.3, -0.25) is 9.36 Å². The molecule has 0 aliphatic heterocycles. The predicted octanol–water partition coefficient (Wildman–Crippen LogP) is 6.76. The first-order valence-corrected chi connectivity index (χ1v) is 11.8. The number of anilines is 2. The van der Waals surface area contributed by atoms with Crippen LogP contribution in [-0.4, -0.2) is 26.5 Å². The van der Waals surface area contributed by atoms with Crippen LogP contribution in [0.3, 0.4) is 0 Å². The van der Waals surface area contributed by atoms with E-state index < -0.39 is 0 Å². The first kappa shape index (κ1) is 22.9. The van der Waals surface area contributed by atoms with Crippen molar-refractivity contribution in [2.45, 2.75) is 65.5 Å². The average Bonchev–Trinajstić information content (AvgIpc) is 3.09. The summed E-state index contributed by atoms with van der Waals surface area (Å²) < 4.78 is 1.97. The second kappa shape index (κ2) is 8.91. The first-order valence-electron chi connectivity index (χ1n) is 11.0. The fourth-order valence-electron chi connectivity index (χ4n) is 4.22. The molecular weight excluding hydrogens is 445 g/mol. The molecule has 4 rings (SSSR count). The number of imidazole rings is 1. The van der Waals surface area contributed by atoms with Crippen molar-refractivity contribution in [3.05, 3.63) is 46.1 Å². The molecule has 1 aromatic carbocycles. The van der Waals surface area contributed by atoms with Crippen LogP contribution >= 0.6 is 23.2 Å². The van der Waals surface area contributed by atoms with Crippen LogP contribution in [0.5, 0.6) is 0 Å². The van der Waals surface area contributed by atoms with Crippen molar-refractivity contribution in [1.29, 1.82) is 0 Å². The van der Waals surface area contributed by atoms with E-state index in [-0.39, 0.29) is 18.0 Å². The number of aromatic nitrogens is 3. The van der Waals surface area contributed by atoms with Crippen molar-refractivity contribution >= 4 is 51.9 Å². The van der Waals surface area contributed by atoms with Crippen LogP contribution in [0.2, 0.25) is 10.0 Å². The van der Waals surface area contributed by atoms with E-state index in [9.17, 15) is 4.79 Å². The maximum absolute atomic E-state index is 12.9. The van der Waals surface area contributed by atoms with Gasteiger partial charge in [0.15, 0.2) is 5.65 Å². The molecule has 0 spiro atoms. The Hall–Kier alpha value is -2.31. The van der Waals surface area contributed by atoms with Gasteiger partial charge in [-0.2, -0.15) is 0 Å². The molecule has 3 aromatic rings. The maximum Gasteiger partial charge on any atom is 0.253 e. The third-order valence-electron chi connectivity index (χ3n) is 6.18. The predicted molar refractivity (Wildman–Crippen MR) is 131 cm³/mol. The van der Waals surface area contributed by atoms with Gasteiger partial charge in [-0.25, -0.2) is 9.97 Å². The molecule has 1 aliphatic carbocycles. The topological polar surface area (TPSA) is 71.8 Å². The van der Waals surface area contributed by atoms with E-state index in [2.05, 4.69) is 29.5 Å². The number of fused-ring (bicyclic) bond motifs is 1. The molecule has 32 heavy (non-hydrogen) atoms. The van der Waals surface area contributed by atoms with E-state index in [0.29, 0.717) is 43.8 Å². The molecule has 0 bridgehead atoms. The second-order valence-electron chi connectivity index (χ2n) is 9.60. The number of benzene rings is 1. The summed E-state index contributed by atoms with van der Waals surface area (Å²) in [4.78, 5) is 22.2. The Bertz CT molecular complexity index is 1120. The lowest BCUT2D eigenvalue weighted by molar-refractivity contribution is 0.0909. The van der Waals surface area contributed by atoms with Crippen LogP contribution in [0.25, 0.3) is 11.2 Å². The minimum absolute atomic E-state index is 0.0848. The number of amides is 1. The lowest BCUT2D eigenvalue weighted by atomic mass is 9.75. The zero-order chi connectivity index (χ0) is 23.0. The highest BCUT2D eigenvalue weighted by molar-refractivity contribution is 6.39. The van der Waals surface area contributed by atoms with Crippen LogP contribution in [0.1, 0.15) is 69.8 Å². The van der Waals surface area contributed by atoms with E-state index in [1.54, 1.807) is 30.5 Å². The largest absolute Gasteiger partial charge is 0.349 e. The average molecular weight is 474 g/mol. The second-order valence-corrected chi connectivity index (χ2v) is 10.4. The fraction of sp³-hybridized carbons (Fsp3) is 0.458. The van der Waals surface area contributed by atoms with Gasteiger partial charge in [0.1, 0.15) is 5.52 Å². The molecule has 2 heterocycles. The van der Waals surface area contributed by atoms with Gasteiger partial charge >= 0.3 is 0 Å². The number of rotatable bonds is 5. The normalized spacial score (nSPS) is 16.5. The van der Waals surface area contributed by atoms with Crippen molar-refractivity contribution < 1.29 is 4.79 Å². The Kier molecular flexibility index (Phi) is 6.37. The molecule has 8 heteroatoms. The smallest absolute Gasteiger partial charge is 0.253 e. The summed E-state index contributed by atoms with van der Waals surface area (Å²) in [6, 6.07) is 7.42. The Morgan fingerprint density at radius 2 is 1.84 bits per heavy atom. The molecule has 0 saturated heterocycles. The lowest BCUT2D eigenvalue weighted by Gasteiger charge is -2.34. The Labute approximate surface area is 198 Å². The van der Waals surface area contributed by atoms with E-state index >= 15 is 0 Å². The zero-order valence-electron chi connectivity index (χ0n) is 18.9. The van der Waals surface area contributed by atoms with E-state index in [1.807, 2.05) is 18.4 Å². The minimum Gasteiger partial charge on any atom is -0.349 e. The molecule has 170 valence electrons. The third kappa shape index (κ3) is 4.71. The van der Waals surface area contributed by atoms with E-state index in [0.717, 1.165) is 25.7 Å². The number of pyridine rings is 1. The van der Waals surface area contributed by atoms with Gasteiger partial charge in [0.2, 0.25) is 5.95 Å². The van der Waals surface area contributed by atoms with Gasteiger partial charge in [-0.1, -0.05) is 43.1 Å². The number of carbonyl (C=O) groups excluding carboxylic acids is 1. The molecule has 0 radical (unpaired) electrons. The van der Waals surface area contributed by atoms with Gasteiger partial charge in [0, 0.05) is 18.3 Å². The lowest BCUT2D eigenvalue weighted by Crippen LogP contribution is -2.39. The van der Waals surface area contributed by atoms with Gasteiger partial charge in [-0.15, -0.1) is 0 Å². The highest BCUT2D eigenvalue weighted by Gasteiger charge is 2.28. The van der Waals surface area contributed by atoms with Crippen LogP contribution < -0.4 is 10.6 Å².